The SMILES string of the molecule is Cc1cc(C)cc(N(c2cc3c(c4ccccc24)-c2c(cc(N(c4cc(C)cc(C)c4)c4cccc5c4oc4c(C(C)(C)C)cccc45)c4ccccc24)C3(c2ccccc2)c2ccccc2)c2cccc3c2oc2c(C(C)(C)C)cccc23)c1. The standard InChI is InChI=1S/C81H68N2O2/c1-49-41-50(2)44-55(43-49)82(69-39-23-35-63-61-33-21-37-65(79(5,6)7)75(61)84-77(63)69)71-47-67-73(59-31-19-17-29-57(59)71)74-60-32-20-18-30-58(60)72(48-68(74)81(67,53-25-13-11-14-26-53)54-27-15-12-16-28-54)83(56-45-51(3)42-52(4)46-56)70-40-24-36-64-62-34-22-38-66(80(8,9)10)76(62)85-78(64)70/h11-48H,1-10H3. The first-order valence-corrected chi connectivity index (χ1v) is 30.0. The highest BCUT2D eigenvalue weighted by Gasteiger charge is 2.49. The molecule has 0 spiro atoms. The molecule has 1 aliphatic carbocycles. The molecule has 2 heterocycles. The number of rotatable bonds is 8. The van der Waals surface area contributed by atoms with Crippen molar-refractivity contribution < 1.29 is 8.83 Å². The Morgan fingerprint density at radius 2 is 0.612 bits per heavy atom. The minimum absolute atomic E-state index is 0.138. The molecule has 414 valence electrons. The van der Waals surface area contributed by atoms with Gasteiger partial charge in [-0.05, 0) is 153 Å². The Bertz CT molecular complexity index is 4670. The Kier molecular flexibility index (Phi) is 11.8. The zero-order chi connectivity index (χ0) is 58.3. The van der Waals surface area contributed by atoms with Crippen LogP contribution in [0.4, 0.5) is 34.1 Å². The highest BCUT2D eigenvalue weighted by Crippen LogP contribution is 2.63. The van der Waals surface area contributed by atoms with Crippen molar-refractivity contribution in [3.05, 3.63) is 286 Å². The van der Waals surface area contributed by atoms with Crippen LogP contribution in [0.25, 0.3) is 76.5 Å². The number of aryl methyl sites for hydroxylation is 4. The molecule has 2 aromatic heterocycles. The highest BCUT2D eigenvalue weighted by molar-refractivity contribution is 6.20. The fourth-order valence-electron chi connectivity index (χ4n) is 14.6. The summed E-state index contributed by atoms with van der Waals surface area (Å²) < 4.78 is 14.7. The van der Waals surface area contributed by atoms with Gasteiger partial charge in [0, 0.05) is 54.8 Å². The first-order valence-electron chi connectivity index (χ1n) is 30.0. The summed E-state index contributed by atoms with van der Waals surface area (Å²) >= 11 is 0. The zero-order valence-electron chi connectivity index (χ0n) is 50.2. The summed E-state index contributed by atoms with van der Waals surface area (Å²) in [7, 11) is 0. The second kappa shape index (κ2) is 19.2. The van der Waals surface area contributed by atoms with Crippen LogP contribution in [-0.4, -0.2) is 0 Å². The molecule has 14 aromatic rings. The summed E-state index contributed by atoms with van der Waals surface area (Å²) in [6, 6.07) is 86.4. The second-order valence-electron chi connectivity index (χ2n) is 25.9. The van der Waals surface area contributed by atoms with Gasteiger partial charge < -0.3 is 18.6 Å². The van der Waals surface area contributed by atoms with Crippen LogP contribution in [0, 0.1) is 27.7 Å². The molecule has 0 radical (unpaired) electrons. The van der Waals surface area contributed by atoms with Gasteiger partial charge in [0.2, 0.25) is 0 Å². The number of anilines is 6. The minimum atomic E-state index is -0.840. The molecule has 15 rings (SSSR count). The molecule has 4 heteroatoms. The van der Waals surface area contributed by atoms with Crippen LogP contribution in [0.2, 0.25) is 0 Å². The van der Waals surface area contributed by atoms with Gasteiger partial charge in [-0.2, -0.15) is 0 Å². The van der Waals surface area contributed by atoms with Crippen LogP contribution in [-0.2, 0) is 16.2 Å². The minimum Gasteiger partial charge on any atom is -0.454 e. The van der Waals surface area contributed by atoms with E-state index in [4.69, 9.17) is 8.83 Å². The van der Waals surface area contributed by atoms with Gasteiger partial charge >= 0.3 is 0 Å². The van der Waals surface area contributed by atoms with Crippen LogP contribution < -0.4 is 9.80 Å². The van der Waals surface area contributed by atoms with E-state index in [-0.39, 0.29) is 10.8 Å². The van der Waals surface area contributed by atoms with Crippen molar-refractivity contribution in [1.29, 1.82) is 0 Å². The van der Waals surface area contributed by atoms with E-state index in [9.17, 15) is 0 Å². The van der Waals surface area contributed by atoms with E-state index in [1.807, 2.05) is 0 Å². The number of benzene rings is 12. The van der Waals surface area contributed by atoms with Crippen LogP contribution in [0.1, 0.15) is 97.2 Å². The zero-order valence-corrected chi connectivity index (χ0v) is 50.2. The van der Waals surface area contributed by atoms with Crippen molar-refractivity contribution in [1.82, 2.24) is 0 Å². The lowest BCUT2D eigenvalue weighted by molar-refractivity contribution is 0.572. The van der Waals surface area contributed by atoms with Crippen molar-refractivity contribution in [2.75, 3.05) is 9.80 Å². The summed E-state index contributed by atoms with van der Waals surface area (Å²) in [4.78, 5) is 5.00. The molecule has 0 saturated heterocycles. The molecule has 0 atom stereocenters. The number of nitrogens with zero attached hydrogens (tertiary/aromatic N) is 2. The Hall–Kier alpha value is -9.64. The lowest BCUT2D eigenvalue weighted by Gasteiger charge is -2.36. The van der Waals surface area contributed by atoms with Gasteiger partial charge in [0.15, 0.2) is 11.2 Å². The maximum atomic E-state index is 7.34. The Morgan fingerprint density at radius 3 is 0.976 bits per heavy atom. The van der Waals surface area contributed by atoms with Crippen LogP contribution in [0.3, 0.4) is 0 Å². The van der Waals surface area contributed by atoms with Crippen molar-refractivity contribution in [2.24, 2.45) is 0 Å². The maximum absolute atomic E-state index is 7.34. The first kappa shape index (κ1) is 52.2. The molecule has 0 amide bonds. The molecule has 0 fully saturated rings. The number of furan rings is 2. The third-order valence-electron chi connectivity index (χ3n) is 18.0. The van der Waals surface area contributed by atoms with E-state index >= 15 is 0 Å². The van der Waals surface area contributed by atoms with Crippen LogP contribution in [0.15, 0.2) is 239 Å². The Morgan fingerprint density at radius 1 is 0.294 bits per heavy atom. The van der Waals surface area contributed by atoms with E-state index in [2.05, 4.69) is 310 Å². The third kappa shape index (κ3) is 8.02. The summed E-state index contributed by atoms with van der Waals surface area (Å²) in [5.74, 6) is 0. The molecule has 4 nitrogen and oxygen atoms in total. The fourth-order valence-corrected chi connectivity index (χ4v) is 14.6. The molecule has 0 saturated carbocycles. The first-order chi connectivity index (χ1) is 41.1. The van der Waals surface area contributed by atoms with E-state index in [0.29, 0.717) is 0 Å². The fraction of sp³-hybridized carbons (Fsp3) is 0.160. The van der Waals surface area contributed by atoms with Gasteiger partial charge in [0.1, 0.15) is 11.2 Å². The molecule has 0 unspecified atom stereocenters. The third-order valence-corrected chi connectivity index (χ3v) is 18.0. The normalized spacial score (nSPS) is 13.2. The van der Waals surface area contributed by atoms with E-state index in [1.54, 1.807) is 0 Å². The summed E-state index contributed by atoms with van der Waals surface area (Å²) in [6.07, 6.45) is 0. The van der Waals surface area contributed by atoms with E-state index in [1.165, 1.54) is 77.5 Å². The van der Waals surface area contributed by atoms with E-state index < -0.39 is 5.41 Å². The molecule has 1 aliphatic rings. The summed E-state index contributed by atoms with van der Waals surface area (Å²) in [5.41, 5.74) is 23.1. The average Bonchev–Trinajstić information content (AvgIpc) is 1.55. The van der Waals surface area contributed by atoms with Gasteiger partial charge in [-0.3, -0.25) is 0 Å². The van der Waals surface area contributed by atoms with Crippen molar-refractivity contribution >= 4 is 99.5 Å². The molecular weight excluding hydrogens is 1030 g/mol. The molecule has 85 heavy (non-hydrogen) atoms. The number of fused-ring (bicyclic) bond motifs is 13. The molecule has 0 bridgehead atoms. The quantitative estimate of drug-likeness (QED) is 0.152. The maximum Gasteiger partial charge on any atom is 0.159 e. The average molecular weight is 1100 g/mol. The number of hydrogen-bond donors (Lipinski definition) is 0. The molecule has 12 aromatic carbocycles. The van der Waals surface area contributed by atoms with Crippen molar-refractivity contribution in [3.63, 3.8) is 0 Å². The van der Waals surface area contributed by atoms with E-state index in [0.717, 1.165) is 88.8 Å². The Balaban J connectivity index is 1.10. The summed E-state index contributed by atoms with van der Waals surface area (Å²) in [6.45, 7) is 22.5. The number of hydrogen-bond acceptors (Lipinski definition) is 4. The van der Waals surface area contributed by atoms with Crippen molar-refractivity contribution in [3.8, 4) is 11.1 Å². The molecule has 0 N–H and O–H groups in total. The monoisotopic (exact) mass is 1100 g/mol. The lowest BCUT2D eigenvalue weighted by Crippen LogP contribution is -2.29. The predicted octanol–water partition coefficient (Wildman–Crippen LogP) is 22.9. The van der Waals surface area contributed by atoms with Gasteiger partial charge in [-0.15, -0.1) is 0 Å². The van der Waals surface area contributed by atoms with Crippen molar-refractivity contribution in [2.45, 2.75) is 85.5 Å². The Labute approximate surface area is 498 Å². The topological polar surface area (TPSA) is 32.8 Å². The predicted molar refractivity (Wildman–Crippen MR) is 359 cm³/mol. The molecular formula is C81H68N2O2. The smallest absolute Gasteiger partial charge is 0.159 e. The van der Waals surface area contributed by atoms with Gasteiger partial charge in [0.25, 0.3) is 0 Å². The lowest BCUT2D eigenvalue weighted by atomic mass is 9.67. The number of para-hydroxylation sites is 4. The van der Waals surface area contributed by atoms with Crippen LogP contribution in [0.5, 0.6) is 0 Å². The van der Waals surface area contributed by atoms with Gasteiger partial charge in [0.05, 0.1) is 28.2 Å². The van der Waals surface area contributed by atoms with Crippen LogP contribution >= 0.6 is 0 Å². The largest absolute Gasteiger partial charge is 0.454 e. The van der Waals surface area contributed by atoms with Gasteiger partial charge in [-0.25, -0.2) is 0 Å². The van der Waals surface area contributed by atoms with Gasteiger partial charge in [-0.1, -0.05) is 224 Å². The second-order valence-corrected chi connectivity index (χ2v) is 25.9. The molecule has 0 aliphatic heterocycles. The summed E-state index contributed by atoms with van der Waals surface area (Å²) in [5, 5.41) is 9.06. The highest BCUT2D eigenvalue weighted by atomic mass is 16.3.